The van der Waals surface area contributed by atoms with Crippen molar-refractivity contribution >= 4 is 36.4 Å². The van der Waals surface area contributed by atoms with Gasteiger partial charge < -0.3 is 30.7 Å². The van der Waals surface area contributed by atoms with E-state index in [0.717, 1.165) is 36.1 Å². The number of methoxy groups -OCH3 is 1. The van der Waals surface area contributed by atoms with Crippen molar-refractivity contribution < 1.29 is 29.2 Å². The summed E-state index contributed by atoms with van der Waals surface area (Å²) >= 11 is 6.21. The van der Waals surface area contributed by atoms with Gasteiger partial charge in [0.1, 0.15) is 17.8 Å². The quantitative estimate of drug-likeness (QED) is 0.195. The van der Waals surface area contributed by atoms with E-state index in [9.17, 15) is 24.4 Å². The number of benzene rings is 2. The molecule has 1 fully saturated rings. The lowest BCUT2D eigenvalue weighted by atomic mass is 9.64. The molecule has 0 bridgehead atoms. The molecule has 3 amide bonds. The van der Waals surface area contributed by atoms with Gasteiger partial charge in [0.05, 0.1) is 13.1 Å². The van der Waals surface area contributed by atoms with E-state index in [0.29, 0.717) is 17.9 Å². The Morgan fingerprint density at radius 1 is 0.977 bits per heavy atom. The van der Waals surface area contributed by atoms with Crippen molar-refractivity contribution in [3.8, 4) is 5.75 Å². The smallest absolute Gasteiger partial charge is 0.475 e. The van der Waals surface area contributed by atoms with Crippen LogP contribution in [0.4, 0.5) is 0 Å². The maximum atomic E-state index is 13.8. The molecule has 3 rings (SSSR count). The maximum Gasteiger partial charge on any atom is 0.475 e. The number of carbonyl (C=O) groups is 3. The average molecular weight is 614 g/mol. The zero-order valence-corrected chi connectivity index (χ0v) is 26.5. The lowest BCUT2D eigenvalue weighted by Gasteiger charge is -2.35. The van der Waals surface area contributed by atoms with Crippen LogP contribution in [0.15, 0.2) is 48.5 Å². The van der Waals surface area contributed by atoms with Crippen molar-refractivity contribution in [1.29, 1.82) is 0 Å². The van der Waals surface area contributed by atoms with Crippen LogP contribution in [0.3, 0.4) is 0 Å². The number of hydrogen-bond acceptors (Lipinski definition) is 6. The summed E-state index contributed by atoms with van der Waals surface area (Å²) in [5, 5.41) is 28.9. The third-order valence-electron chi connectivity index (χ3n) is 8.00. The van der Waals surface area contributed by atoms with E-state index in [4.69, 9.17) is 16.3 Å². The van der Waals surface area contributed by atoms with Crippen LogP contribution in [0.5, 0.6) is 5.75 Å². The molecule has 0 saturated heterocycles. The normalized spacial score (nSPS) is 15.6. The third kappa shape index (κ3) is 10.3. The Morgan fingerprint density at radius 3 is 2.16 bits per heavy atom. The van der Waals surface area contributed by atoms with Gasteiger partial charge in [-0.05, 0) is 72.9 Å². The number of nitrogens with one attached hydrogen (secondary N) is 3. The Morgan fingerprint density at radius 2 is 1.63 bits per heavy atom. The van der Waals surface area contributed by atoms with Gasteiger partial charge in [-0.25, -0.2) is 0 Å². The van der Waals surface area contributed by atoms with E-state index < -0.39 is 42.4 Å². The van der Waals surface area contributed by atoms with Crippen LogP contribution in [0.2, 0.25) is 5.02 Å². The minimum Gasteiger partial charge on any atom is -0.497 e. The van der Waals surface area contributed by atoms with Crippen LogP contribution in [-0.2, 0) is 27.2 Å². The van der Waals surface area contributed by atoms with Gasteiger partial charge in [0.15, 0.2) is 0 Å². The summed E-state index contributed by atoms with van der Waals surface area (Å²) < 4.78 is 5.23. The lowest BCUT2D eigenvalue weighted by Crippen LogP contribution is -2.60. The number of rotatable bonds is 15. The van der Waals surface area contributed by atoms with Crippen molar-refractivity contribution in [2.75, 3.05) is 7.11 Å². The molecule has 0 aromatic heterocycles. The van der Waals surface area contributed by atoms with Gasteiger partial charge in [0.2, 0.25) is 17.7 Å². The molecular weight excluding hydrogens is 569 g/mol. The van der Waals surface area contributed by atoms with Crippen molar-refractivity contribution in [3.63, 3.8) is 0 Å². The van der Waals surface area contributed by atoms with Crippen molar-refractivity contribution in [1.82, 2.24) is 16.0 Å². The van der Waals surface area contributed by atoms with E-state index in [1.54, 1.807) is 25.3 Å². The van der Waals surface area contributed by atoms with Gasteiger partial charge in [-0.1, -0.05) is 70.0 Å². The van der Waals surface area contributed by atoms with Crippen LogP contribution in [0.25, 0.3) is 0 Å². The molecule has 234 valence electrons. The molecule has 2 aromatic carbocycles. The number of carbonyl (C=O) groups excluding carboxylic acids is 3. The van der Waals surface area contributed by atoms with Gasteiger partial charge in [-0.3, -0.25) is 14.4 Å². The van der Waals surface area contributed by atoms with Crippen LogP contribution >= 0.6 is 11.6 Å². The Kier molecular flexibility index (Phi) is 12.5. The average Bonchev–Trinajstić information content (AvgIpc) is 2.90. The molecule has 5 N–H and O–H groups in total. The van der Waals surface area contributed by atoms with Crippen LogP contribution in [-0.4, -0.2) is 60.0 Å². The largest absolute Gasteiger partial charge is 0.497 e. The summed E-state index contributed by atoms with van der Waals surface area (Å²) in [7, 11) is -0.109. The fourth-order valence-corrected chi connectivity index (χ4v) is 5.48. The highest BCUT2D eigenvalue weighted by atomic mass is 35.5. The highest BCUT2D eigenvalue weighted by Crippen LogP contribution is 2.30. The molecule has 11 heteroatoms. The molecule has 0 radical (unpaired) electrons. The summed E-state index contributed by atoms with van der Waals surface area (Å²) in [5.41, 5.74) is 0.834. The lowest BCUT2D eigenvalue weighted by molar-refractivity contribution is -0.135. The van der Waals surface area contributed by atoms with E-state index in [-0.39, 0.29) is 24.2 Å². The molecule has 1 aliphatic carbocycles. The molecule has 1 aliphatic rings. The van der Waals surface area contributed by atoms with Gasteiger partial charge in [-0.15, -0.1) is 0 Å². The summed E-state index contributed by atoms with van der Waals surface area (Å²) in [5.74, 6) is -1.38. The van der Waals surface area contributed by atoms with Crippen LogP contribution < -0.4 is 20.7 Å². The summed E-state index contributed by atoms with van der Waals surface area (Å²) in [6.07, 6.45) is 3.48. The summed E-state index contributed by atoms with van der Waals surface area (Å²) in [4.78, 5) is 40.8. The predicted octanol–water partition coefficient (Wildman–Crippen LogP) is 3.47. The molecule has 1 saturated carbocycles. The first kappa shape index (κ1) is 34.4. The van der Waals surface area contributed by atoms with Gasteiger partial charge in [0, 0.05) is 16.9 Å². The van der Waals surface area contributed by atoms with E-state index in [1.807, 2.05) is 58.0 Å². The minimum atomic E-state index is -1.70. The maximum absolute atomic E-state index is 13.8. The fourth-order valence-electron chi connectivity index (χ4n) is 5.27. The number of amides is 3. The first-order chi connectivity index (χ1) is 20.3. The highest BCUT2D eigenvalue weighted by molar-refractivity contribution is 6.43. The van der Waals surface area contributed by atoms with Gasteiger partial charge >= 0.3 is 7.12 Å². The molecule has 0 unspecified atom stereocenters. The zero-order valence-electron chi connectivity index (χ0n) is 25.7. The van der Waals surface area contributed by atoms with Gasteiger partial charge in [0.25, 0.3) is 0 Å². The second-order valence-electron chi connectivity index (χ2n) is 12.6. The molecule has 0 aliphatic heterocycles. The van der Waals surface area contributed by atoms with Crippen LogP contribution in [0.1, 0.15) is 64.5 Å². The summed E-state index contributed by atoms with van der Waals surface area (Å²) in [6.45, 7) is 7.50. The Bertz CT molecular complexity index is 1240. The number of ether oxygens (including phenoxy) is 1. The highest BCUT2D eigenvalue weighted by Gasteiger charge is 2.39. The molecule has 43 heavy (non-hydrogen) atoms. The standard InChI is InChI=1S/C32H45BClN3O6/c1-20(2)16-26(30(39)37-28(33(41)42)23-9-7-10-23)35-29(38)27(18-22-8-6-11-24(34)17-22)36-31(40)32(3,4)19-21-12-14-25(43-5)15-13-21/h6,8,11-15,17,20,23,26-28,41-42H,7,9-10,16,18-19H2,1-5H3,(H,35,38)(H,36,40)(H,37,39)/t26-,27-,28-/m0/s1. The first-order valence-electron chi connectivity index (χ1n) is 14.9. The van der Waals surface area contributed by atoms with Crippen molar-refractivity contribution in [2.24, 2.45) is 17.3 Å². The van der Waals surface area contributed by atoms with E-state index >= 15 is 0 Å². The predicted molar refractivity (Wildman–Crippen MR) is 168 cm³/mol. The summed E-state index contributed by atoms with van der Waals surface area (Å²) in [6, 6.07) is 12.6. The molecule has 0 heterocycles. The minimum absolute atomic E-state index is 0.0258. The number of hydrogen-bond donors (Lipinski definition) is 5. The Labute approximate surface area is 260 Å². The number of halogens is 1. The first-order valence-corrected chi connectivity index (χ1v) is 15.3. The SMILES string of the molecule is COc1ccc(CC(C)(C)C(=O)N[C@@H](Cc2cccc(Cl)c2)C(=O)N[C@@H](CC(C)C)C(=O)N[C@H](B(O)O)C2CCC2)cc1. The fraction of sp³-hybridized carbons (Fsp3) is 0.531. The zero-order chi connectivity index (χ0) is 31.7. The molecular formula is C32H45BClN3O6. The molecule has 2 aromatic rings. The Balaban J connectivity index is 1.80. The second-order valence-corrected chi connectivity index (χ2v) is 13.0. The molecule has 3 atom stereocenters. The van der Waals surface area contributed by atoms with E-state index in [2.05, 4.69) is 16.0 Å². The van der Waals surface area contributed by atoms with Crippen molar-refractivity contribution in [2.45, 2.75) is 84.2 Å². The van der Waals surface area contributed by atoms with Crippen LogP contribution in [0, 0.1) is 17.3 Å². The molecule has 0 spiro atoms. The monoisotopic (exact) mass is 613 g/mol. The Hall–Kier alpha value is -3.08. The molecule has 9 nitrogen and oxygen atoms in total. The van der Waals surface area contributed by atoms with Gasteiger partial charge in [-0.2, -0.15) is 0 Å². The second kappa shape index (κ2) is 15.6. The van der Waals surface area contributed by atoms with Crippen molar-refractivity contribution in [3.05, 3.63) is 64.7 Å². The third-order valence-corrected chi connectivity index (χ3v) is 8.23. The topological polar surface area (TPSA) is 137 Å². The van der Waals surface area contributed by atoms with E-state index in [1.165, 1.54) is 0 Å².